The van der Waals surface area contributed by atoms with Crippen LogP contribution in [0.25, 0.3) is 0 Å². The highest BCUT2D eigenvalue weighted by Crippen LogP contribution is 2.22. The lowest BCUT2D eigenvalue weighted by molar-refractivity contribution is -0.116. The van der Waals surface area contributed by atoms with E-state index in [9.17, 15) is 4.79 Å². The summed E-state index contributed by atoms with van der Waals surface area (Å²) in [4.78, 5) is 14.9. The number of anilines is 1. The average molecular weight is 410 g/mol. The zero-order valence-corrected chi connectivity index (χ0v) is 16.9. The maximum atomic E-state index is 13.1. The highest BCUT2D eigenvalue weighted by atomic mass is 32.2. The van der Waals surface area contributed by atoms with E-state index in [-0.39, 0.29) is 17.8 Å². The van der Waals surface area contributed by atoms with Crippen LogP contribution in [-0.2, 0) is 22.6 Å². The van der Waals surface area contributed by atoms with Crippen LogP contribution in [0.4, 0.5) is 5.69 Å². The second kappa shape index (κ2) is 9.67. The molecule has 8 heteroatoms. The number of benzene rings is 2. The van der Waals surface area contributed by atoms with Crippen molar-refractivity contribution in [2.45, 2.75) is 37.2 Å². The van der Waals surface area contributed by atoms with Crippen molar-refractivity contribution in [2.24, 2.45) is 0 Å². The van der Waals surface area contributed by atoms with Crippen molar-refractivity contribution in [3.8, 4) is 0 Å². The van der Waals surface area contributed by atoms with Crippen LogP contribution in [0.3, 0.4) is 0 Å². The van der Waals surface area contributed by atoms with Gasteiger partial charge in [0, 0.05) is 12.3 Å². The summed E-state index contributed by atoms with van der Waals surface area (Å²) in [6, 6.07) is 19.7. The molecule has 1 amide bonds. The summed E-state index contributed by atoms with van der Waals surface area (Å²) in [6.45, 7) is 1.93. The van der Waals surface area contributed by atoms with Crippen molar-refractivity contribution in [3.63, 3.8) is 0 Å². The van der Waals surface area contributed by atoms with E-state index in [1.54, 1.807) is 9.58 Å². The molecule has 7 nitrogen and oxygen atoms in total. The summed E-state index contributed by atoms with van der Waals surface area (Å²) in [5.41, 5.74) is 1.96. The topological polar surface area (TPSA) is 73.1 Å². The molecule has 2 aromatic carbocycles. The fourth-order valence-electron chi connectivity index (χ4n) is 3.30. The van der Waals surface area contributed by atoms with E-state index in [0.29, 0.717) is 18.2 Å². The fourth-order valence-corrected chi connectivity index (χ4v) is 4.06. The van der Waals surface area contributed by atoms with Gasteiger partial charge in [-0.15, -0.1) is 5.10 Å². The lowest BCUT2D eigenvalue weighted by Gasteiger charge is -2.23. The molecule has 0 saturated carbocycles. The Labute approximate surface area is 174 Å². The number of ether oxygens (including phenoxy) is 1. The standard InChI is InChI=1S/C21H23N5O2S/c27-20(16-29-21-22-23-24-26(21)15-19-12-7-13-28-19)25(18-10-5-2-6-11-18)14-17-8-3-1-4-9-17/h1-6,8-11,19H,7,12-16H2/t19-/m0/s1. The summed E-state index contributed by atoms with van der Waals surface area (Å²) >= 11 is 1.36. The fraction of sp³-hybridized carbons (Fsp3) is 0.333. The molecule has 1 fully saturated rings. The van der Waals surface area contributed by atoms with E-state index >= 15 is 0 Å². The molecule has 1 aliphatic heterocycles. The van der Waals surface area contributed by atoms with Gasteiger partial charge in [-0.3, -0.25) is 4.79 Å². The Balaban J connectivity index is 1.44. The molecule has 0 spiro atoms. The first kappa shape index (κ1) is 19.6. The van der Waals surface area contributed by atoms with Crippen LogP contribution >= 0.6 is 11.8 Å². The number of tetrazole rings is 1. The first-order chi connectivity index (χ1) is 14.3. The van der Waals surface area contributed by atoms with Gasteiger partial charge < -0.3 is 9.64 Å². The van der Waals surface area contributed by atoms with E-state index in [0.717, 1.165) is 30.7 Å². The highest BCUT2D eigenvalue weighted by Gasteiger charge is 2.21. The summed E-state index contributed by atoms with van der Waals surface area (Å²) in [5, 5.41) is 12.6. The molecular formula is C21H23N5O2S. The van der Waals surface area contributed by atoms with Gasteiger partial charge in [0.15, 0.2) is 0 Å². The maximum Gasteiger partial charge on any atom is 0.237 e. The van der Waals surface area contributed by atoms with Gasteiger partial charge >= 0.3 is 0 Å². The number of carbonyl (C=O) groups excluding carboxylic acids is 1. The molecule has 1 saturated heterocycles. The van der Waals surface area contributed by atoms with Gasteiger partial charge in [0.1, 0.15) is 0 Å². The molecule has 1 atom stereocenters. The van der Waals surface area contributed by atoms with Gasteiger partial charge in [-0.25, -0.2) is 4.68 Å². The molecule has 0 aliphatic carbocycles. The van der Waals surface area contributed by atoms with E-state index in [2.05, 4.69) is 15.5 Å². The maximum absolute atomic E-state index is 13.1. The minimum Gasteiger partial charge on any atom is -0.376 e. The second-order valence-electron chi connectivity index (χ2n) is 6.87. The zero-order valence-electron chi connectivity index (χ0n) is 16.1. The molecule has 0 unspecified atom stereocenters. The summed E-state index contributed by atoms with van der Waals surface area (Å²) in [6.07, 6.45) is 2.23. The molecule has 0 radical (unpaired) electrons. The number of hydrogen-bond acceptors (Lipinski definition) is 6. The Hall–Kier alpha value is -2.71. The third kappa shape index (κ3) is 5.21. The highest BCUT2D eigenvalue weighted by molar-refractivity contribution is 7.99. The van der Waals surface area contributed by atoms with Crippen molar-refractivity contribution >= 4 is 23.4 Å². The average Bonchev–Trinajstić information content (AvgIpc) is 3.44. The molecule has 0 bridgehead atoms. The van der Waals surface area contributed by atoms with E-state index < -0.39 is 0 Å². The van der Waals surface area contributed by atoms with Gasteiger partial charge in [0.05, 0.1) is 24.9 Å². The summed E-state index contributed by atoms with van der Waals surface area (Å²) < 4.78 is 7.40. The molecule has 0 N–H and O–H groups in total. The molecule has 150 valence electrons. The van der Waals surface area contributed by atoms with Crippen LogP contribution in [0, 0.1) is 0 Å². The van der Waals surface area contributed by atoms with Crippen LogP contribution in [0.2, 0.25) is 0 Å². The Morgan fingerprint density at radius 3 is 2.62 bits per heavy atom. The van der Waals surface area contributed by atoms with Gasteiger partial charge in [-0.05, 0) is 41.0 Å². The van der Waals surface area contributed by atoms with E-state index in [1.165, 1.54) is 11.8 Å². The Bertz CT molecular complexity index is 913. The number of carbonyl (C=O) groups is 1. The predicted octanol–water partition coefficient (Wildman–Crippen LogP) is 3.18. The predicted molar refractivity (Wildman–Crippen MR) is 112 cm³/mol. The lowest BCUT2D eigenvalue weighted by atomic mass is 10.2. The van der Waals surface area contributed by atoms with Crippen LogP contribution in [0.5, 0.6) is 0 Å². The molecule has 2 heterocycles. The Morgan fingerprint density at radius 1 is 1.14 bits per heavy atom. The first-order valence-electron chi connectivity index (χ1n) is 9.69. The van der Waals surface area contributed by atoms with Crippen LogP contribution in [0.1, 0.15) is 18.4 Å². The molecule has 1 aliphatic rings. The molecule has 4 rings (SSSR count). The van der Waals surface area contributed by atoms with Gasteiger partial charge in [0.2, 0.25) is 11.1 Å². The van der Waals surface area contributed by atoms with Crippen molar-refractivity contribution in [1.82, 2.24) is 20.2 Å². The second-order valence-corrected chi connectivity index (χ2v) is 7.81. The zero-order chi connectivity index (χ0) is 19.9. The summed E-state index contributed by atoms with van der Waals surface area (Å²) in [5.74, 6) is 0.268. The number of rotatable bonds is 8. The number of nitrogens with zero attached hydrogens (tertiary/aromatic N) is 5. The number of para-hydroxylation sites is 1. The SMILES string of the molecule is O=C(CSc1nnnn1C[C@@H]1CCCO1)N(Cc1ccccc1)c1ccccc1. The molecule has 1 aromatic heterocycles. The van der Waals surface area contributed by atoms with E-state index in [1.807, 2.05) is 60.7 Å². The van der Waals surface area contributed by atoms with Crippen molar-refractivity contribution in [2.75, 3.05) is 17.3 Å². The minimum atomic E-state index is 0.0109. The van der Waals surface area contributed by atoms with Gasteiger partial charge in [0.25, 0.3) is 0 Å². The minimum absolute atomic E-state index is 0.0109. The third-order valence-corrected chi connectivity index (χ3v) is 5.72. The Morgan fingerprint density at radius 2 is 1.90 bits per heavy atom. The van der Waals surface area contributed by atoms with Crippen molar-refractivity contribution in [1.29, 1.82) is 0 Å². The number of amides is 1. The lowest BCUT2D eigenvalue weighted by Crippen LogP contribution is -2.32. The normalized spacial score (nSPS) is 16.1. The summed E-state index contributed by atoms with van der Waals surface area (Å²) in [7, 11) is 0. The quantitative estimate of drug-likeness (QED) is 0.532. The van der Waals surface area contributed by atoms with Crippen molar-refractivity contribution < 1.29 is 9.53 Å². The third-order valence-electron chi connectivity index (χ3n) is 4.78. The molecule has 3 aromatic rings. The van der Waals surface area contributed by atoms with E-state index in [4.69, 9.17) is 4.74 Å². The molecule has 29 heavy (non-hydrogen) atoms. The van der Waals surface area contributed by atoms with Crippen molar-refractivity contribution in [3.05, 3.63) is 66.2 Å². The smallest absolute Gasteiger partial charge is 0.237 e. The first-order valence-corrected chi connectivity index (χ1v) is 10.7. The number of thioether (sulfide) groups is 1. The van der Waals surface area contributed by atoms with Crippen LogP contribution in [-0.4, -0.2) is 44.6 Å². The largest absolute Gasteiger partial charge is 0.376 e. The number of hydrogen-bond donors (Lipinski definition) is 0. The molecular weight excluding hydrogens is 386 g/mol. The van der Waals surface area contributed by atoms with Crippen LogP contribution in [0.15, 0.2) is 65.8 Å². The van der Waals surface area contributed by atoms with Gasteiger partial charge in [-0.1, -0.05) is 60.3 Å². The van der Waals surface area contributed by atoms with Crippen LogP contribution < -0.4 is 4.90 Å². The van der Waals surface area contributed by atoms with Gasteiger partial charge in [-0.2, -0.15) is 0 Å². The number of aromatic nitrogens is 4. The monoisotopic (exact) mass is 409 g/mol. The Kier molecular flexibility index (Phi) is 6.53.